The molecule has 0 saturated carbocycles. The molecule has 0 aliphatic heterocycles. The van der Waals surface area contributed by atoms with Gasteiger partial charge in [0, 0.05) is 31.5 Å². The van der Waals surface area contributed by atoms with Crippen LogP contribution >= 0.6 is 0 Å². The fourth-order valence-electron chi connectivity index (χ4n) is 1.40. The quantitative estimate of drug-likeness (QED) is 0.392. The van der Waals surface area contributed by atoms with Crippen molar-refractivity contribution in [1.29, 1.82) is 0 Å². The molecule has 5 nitrogen and oxygen atoms in total. The summed E-state index contributed by atoms with van der Waals surface area (Å²) in [6.45, 7) is 3.45. The third kappa shape index (κ3) is 4.39. The number of amides is 1. The standard InChI is InChI=1S/C13H13FN2O3/c1-9-7-13(16(18)19)12(14)8-11(9)5-3-4-6-15-10(2)17/h7-8H,4,6H2,1-2H3,(H,15,17). The van der Waals surface area contributed by atoms with Gasteiger partial charge in [-0.05, 0) is 18.6 Å². The Kier molecular flexibility index (Phi) is 5.01. The second-order valence-electron chi connectivity index (χ2n) is 3.91. The summed E-state index contributed by atoms with van der Waals surface area (Å²) in [5, 5.41) is 13.1. The minimum absolute atomic E-state index is 0.139. The average Bonchev–Trinajstić information content (AvgIpc) is 2.31. The maximum absolute atomic E-state index is 13.4. The van der Waals surface area contributed by atoms with E-state index in [0.717, 1.165) is 12.1 Å². The first kappa shape index (κ1) is 14.6. The van der Waals surface area contributed by atoms with Gasteiger partial charge in [-0.25, -0.2) is 0 Å². The number of nitrogens with zero attached hydrogens (tertiary/aromatic N) is 1. The molecule has 0 spiro atoms. The van der Waals surface area contributed by atoms with Crippen LogP contribution in [0.25, 0.3) is 0 Å². The van der Waals surface area contributed by atoms with Gasteiger partial charge in [-0.15, -0.1) is 0 Å². The summed E-state index contributed by atoms with van der Waals surface area (Å²) in [5.74, 6) is 4.46. The van der Waals surface area contributed by atoms with Crippen molar-refractivity contribution in [3.05, 3.63) is 39.2 Å². The lowest BCUT2D eigenvalue weighted by atomic mass is 10.1. The van der Waals surface area contributed by atoms with Crippen LogP contribution in [-0.4, -0.2) is 17.4 Å². The molecule has 1 N–H and O–H groups in total. The molecular formula is C13H13FN2O3. The Balaban J connectivity index is 2.80. The molecule has 0 aliphatic rings. The number of nitro benzene ring substituents is 1. The third-order valence-electron chi connectivity index (χ3n) is 2.34. The largest absolute Gasteiger partial charge is 0.355 e. The van der Waals surface area contributed by atoms with Gasteiger partial charge in [0.15, 0.2) is 0 Å². The van der Waals surface area contributed by atoms with E-state index in [4.69, 9.17) is 0 Å². The highest BCUT2D eigenvalue weighted by Gasteiger charge is 2.15. The smallest absolute Gasteiger partial charge is 0.305 e. The Hall–Kier alpha value is -2.42. The van der Waals surface area contributed by atoms with Crippen molar-refractivity contribution in [2.75, 3.05) is 6.54 Å². The van der Waals surface area contributed by atoms with E-state index >= 15 is 0 Å². The highest BCUT2D eigenvalue weighted by atomic mass is 19.1. The lowest BCUT2D eigenvalue weighted by Crippen LogP contribution is -2.20. The summed E-state index contributed by atoms with van der Waals surface area (Å²) >= 11 is 0. The molecule has 0 aliphatic carbocycles. The van der Waals surface area contributed by atoms with Crippen LogP contribution in [0.3, 0.4) is 0 Å². The fraction of sp³-hybridized carbons (Fsp3) is 0.308. The first-order valence-corrected chi connectivity index (χ1v) is 5.59. The molecule has 1 aromatic rings. The zero-order valence-corrected chi connectivity index (χ0v) is 10.6. The van der Waals surface area contributed by atoms with Crippen molar-refractivity contribution >= 4 is 11.6 Å². The Morgan fingerprint density at radius 1 is 1.53 bits per heavy atom. The SMILES string of the molecule is CC(=O)NCCC#Cc1cc(F)c([N+](=O)[O-])cc1C. The Labute approximate surface area is 110 Å². The molecule has 1 rings (SSSR count). The van der Waals surface area contributed by atoms with Gasteiger partial charge in [0.05, 0.1) is 4.92 Å². The maximum atomic E-state index is 13.4. The van der Waals surface area contributed by atoms with Gasteiger partial charge in [-0.1, -0.05) is 11.8 Å². The summed E-state index contributed by atoms with van der Waals surface area (Å²) in [5.41, 5.74) is 0.396. The molecular weight excluding hydrogens is 251 g/mol. The number of carbonyl (C=O) groups excluding carboxylic acids is 1. The molecule has 19 heavy (non-hydrogen) atoms. The van der Waals surface area contributed by atoms with Crippen LogP contribution < -0.4 is 5.32 Å². The lowest BCUT2D eigenvalue weighted by Gasteiger charge is -2.00. The summed E-state index contributed by atoms with van der Waals surface area (Å²) < 4.78 is 13.4. The van der Waals surface area contributed by atoms with Crippen LogP contribution in [0.15, 0.2) is 12.1 Å². The number of carbonyl (C=O) groups is 1. The molecule has 0 bridgehead atoms. The molecule has 0 heterocycles. The van der Waals surface area contributed by atoms with E-state index in [1.807, 2.05) is 0 Å². The zero-order chi connectivity index (χ0) is 14.4. The van der Waals surface area contributed by atoms with E-state index in [2.05, 4.69) is 17.2 Å². The molecule has 1 aromatic carbocycles. The van der Waals surface area contributed by atoms with E-state index in [1.165, 1.54) is 6.92 Å². The number of aryl methyl sites for hydroxylation is 1. The molecule has 0 fully saturated rings. The number of nitrogens with one attached hydrogen (secondary N) is 1. The van der Waals surface area contributed by atoms with Crippen LogP contribution in [0, 0.1) is 34.7 Å². The number of benzene rings is 1. The number of hydrogen-bond donors (Lipinski definition) is 1. The van der Waals surface area contributed by atoms with Crippen molar-refractivity contribution in [1.82, 2.24) is 5.32 Å². The van der Waals surface area contributed by atoms with Gasteiger partial charge in [-0.2, -0.15) is 4.39 Å². The Morgan fingerprint density at radius 3 is 2.79 bits per heavy atom. The minimum atomic E-state index is -0.901. The van der Waals surface area contributed by atoms with E-state index in [1.54, 1.807) is 6.92 Å². The van der Waals surface area contributed by atoms with Gasteiger partial charge < -0.3 is 5.32 Å². The minimum Gasteiger partial charge on any atom is -0.355 e. The maximum Gasteiger partial charge on any atom is 0.305 e. The number of halogens is 1. The van der Waals surface area contributed by atoms with E-state index in [-0.39, 0.29) is 5.91 Å². The topological polar surface area (TPSA) is 72.2 Å². The fourth-order valence-corrected chi connectivity index (χ4v) is 1.40. The van der Waals surface area contributed by atoms with Crippen LogP contribution in [0.2, 0.25) is 0 Å². The predicted octanol–water partition coefficient (Wildman–Crippen LogP) is 1.92. The van der Waals surface area contributed by atoms with E-state index in [9.17, 15) is 19.3 Å². The summed E-state index contributed by atoms with van der Waals surface area (Å²) in [4.78, 5) is 20.4. The first-order valence-electron chi connectivity index (χ1n) is 5.59. The summed E-state index contributed by atoms with van der Waals surface area (Å²) in [6.07, 6.45) is 0.428. The zero-order valence-electron chi connectivity index (χ0n) is 10.6. The van der Waals surface area contributed by atoms with Crippen molar-refractivity contribution < 1.29 is 14.1 Å². The second-order valence-corrected chi connectivity index (χ2v) is 3.91. The van der Waals surface area contributed by atoms with E-state index < -0.39 is 16.4 Å². The molecule has 6 heteroatoms. The monoisotopic (exact) mass is 264 g/mol. The van der Waals surface area contributed by atoms with Crippen molar-refractivity contribution in [2.24, 2.45) is 0 Å². The predicted molar refractivity (Wildman–Crippen MR) is 68.0 cm³/mol. The third-order valence-corrected chi connectivity index (χ3v) is 2.34. The first-order chi connectivity index (χ1) is 8.91. The van der Waals surface area contributed by atoms with Gasteiger partial charge in [0.25, 0.3) is 0 Å². The Morgan fingerprint density at radius 2 is 2.21 bits per heavy atom. The van der Waals surface area contributed by atoms with Crippen molar-refractivity contribution in [2.45, 2.75) is 20.3 Å². The summed E-state index contributed by atoms with van der Waals surface area (Å²) in [6, 6.07) is 2.21. The second kappa shape index (κ2) is 6.50. The highest BCUT2D eigenvalue weighted by Crippen LogP contribution is 2.21. The van der Waals surface area contributed by atoms with Gasteiger partial charge in [0.2, 0.25) is 11.7 Å². The molecule has 0 aromatic heterocycles. The molecule has 0 saturated heterocycles. The molecule has 0 radical (unpaired) electrons. The molecule has 100 valence electrons. The highest BCUT2D eigenvalue weighted by molar-refractivity contribution is 5.72. The van der Waals surface area contributed by atoms with Gasteiger partial charge in [-0.3, -0.25) is 14.9 Å². The van der Waals surface area contributed by atoms with Crippen LogP contribution in [0.1, 0.15) is 24.5 Å². The number of nitro groups is 1. The number of hydrogen-bond acceptors (Lipinski definition) is 3. The van der Waals surface area contributed by atoms with E-state index in [0.29, 0.717) is 24.1 Å². The number of rotatable bonds is 3. The lowest BCUT2D eigenvalue weighted by molar-refractivity contribution is -0.387. The van der Waals surface area contributed by atoms with Gasteiger partial charge in [0.1, 0.15) is 0 Å². The van der Waals surface area contributed by atoms with Crippen LogP contribution in [0.5, 0.6) is 0 Å². The summed E-state index contributed by atoms with van der Waals surface area (Å²) in [7, 11) is 0. The van der Waals surface area contributed by atoms with Crippen LogP contribution in [0.4, 0.5) is 10.1 Å². The normalized spacial score (nSPS) is 9.42. The molecule has 1 amide bonds. The molecule has 0 atom stereocenters. The average molecular weight is 264 g/mol. The van der Waals surface area contributed by atoms with Gasteiger partial charge >= 0.3 is 5.69 Å². The molecule has 0 unspecified atom stereocenters. The van der Waals surface area contributed by atoms with Crippen molar-refractivity contribution in [3.63, 3.8) is 0 Å². The van der Waals surface area contributed by atoms with Crippen LogP contribution in [-0.2, 0) is 4.79 Å². The Bertz CT molecular complexity index is 573. The van der Waals surface area contributed by atoms with Crippen molar-refractivity contribution in [3.8, 4) is 11.8 Å².